The number of hydrogen-bond donors (Lipinski definition) is 0. The monoisotopic (exact) mass is 440 g/mol. The Hall–Kier alpha value is -3.86. The van der Waals surface area contributed by atoms with Crippen LogP contribution in [0.5, 0.6) is 11.5 Å². The van der Waals surface area contributed by atoms with E-state index in [1.807, 2.05) is 80.6 Å². The number of ether oxygens (including phenoxy) is 2. The molecule has 168 valence electrons. The van der Waals surface area contributed by atoms with Crippen LogP contribution in [0.25, 0.3) is 6.08 Å². The molecule has 4 rings (SSSR count). The van der Waals surface area contributed by atoms with E-state index in [2.05, 4.69) is 25.0 Å². The van der Waals surface area contributed by atoms with Crippen LogP contribution in [0.1, 0.15) is 29.2 Å². The Kier molecular flexibility index (Phi) is 6.59. The first-order chi connectivity index (χ1) is 15.9. The summed E-state index contributed by atoms with van der Waals surface area (Å²) < 4.78 is 11.9. The molecule has 1 aliphatic rings. The molecule has 0 saturated carbocycles. The Morgan fingerprint density at radius 2 is 1.61 bits per heavy atom. The number of para-hydroxylation sites is 1. The molecular weight excluding hydrogens is 412 g/mol. The van der Waals surface area contributed by atoms with Gasteiger partial charge in [0.1, 0.15) is 24.7 Å². The summed E-state index contributed by atoms with van der Waals surface area (Å²) in [7, 11) is 0. The number of anilines is 1. The molecule has 0 fully saturated rings. The largest absolute Gasteiger partial charge is 0.490 e. The van der Waals surface area contributed by atoms with Gasteiger partial charge in [0.2, 0.25) is 0 Å². The highest BCUT2D eigenvalue weighted by Gasteiger charge is 2.28. The molecular formula is C28H28N2O3. The molecule has 3 aromatic rings. The third kappa shape index (κ3) is 5.14. The summed E-state index contributed by atoms with van der Waals surface area (Å²) in [4.78, 5) is 13.1. The predicted molar refractivity (Wildman–Crippen MR) is 133 cm³/mol. The number of rotatable bonds is 7. The highest BCUT2D eigenvalue weighted by Crippen LogP contribution is 2.28. The van der Waals surface area contributed by atoms with Gasteiger partial charge >= 0.3 is 0 Å². The van der Waals surface area contributed by atoms with Crippen LogP contribution in [0.2, 0.25) is 0 Å². The number of amides is 1. The van der Waals surface area contributed by atoms with Crippen LogP contribution in [-0.2, 0) is 4.79 Å². The Labute approximate surface area is 195 Å². The van der Waals surface area contributed by atoms with Gasteiger partial charge in [-0.15, -0.1) is 0 Å². The second kappa shape index (κ2) is 9.74. The van der Waals surface area contributed by atoms with Crippen molar-refractivity contribution in [2.75, 3.05) is 18.2 Å². The quantitative estimate of drug-likeness (QED) is 0.341. The van der Waals surface area contributed by atoms with Gasteiger partial charge < -0.3 is 9.47 Å². The first-order valence-corrected chi connectivity index (χ1v) is 11.0. The van der Waals surface area contributed by atoms with Crippen molar-refractivity contribution in [2.45, 2.75) is 27.7 Å². The molecule has 0 saturated heterocycles. The van der Waals surface area contributed by atoms with Gasteiger partial charge in [-0.3, -0.25) is 4.79 Å². The maximum atomic E-state index is 13.1. The number of nitrogens with zero attached hydrogens (tertiary/aromatic N) is 2. The minimum absolute atomic E-state index is 0.149. The van der Waals surface area contributed by atoms with Gasteiger partial charge in [0.25, 0.3) is 5.91 Å². The second-order valence-electron chi connectivity index (χ2n) is 8.18. The van der Waals surface area contributed by atoms with E-state index in [4.69, 9.17) is 9.47 Å². The summed E-state index contributed by atoms with van der Waals surface area (Å²) >= 11 is 0. The number of hydrogen-bond acceptors (Lipinski definition) is 4. The van der Waals surface area contributed by atoms with Crippen LogP contribution < -0.4 is 14.5 Å². The fourth-order valence-corrected chi connectivity index (χ4v) is 3.61. The molecule has 0 atom stereocenters. The van der Waals surface area contributed by atoms with Crippen molar-refractivity contribution in [3.05, 3.63) is 94.6 Å². The van der Waals surface area contributed by atoms with E-state index in [1.165, 1.54) is 16.1 Å². The Morgan fingerprint density at radius 1 is 0.848 bits per heavy atom. The molecule has 0 bridgehead atoms. The zero-order chi connectivity index (χ0) is 23.4. The average molecular weight is 441 g/mol. The maximum Gasteiger partial charge on any atom is 0.280 e. The van der Waals surface area contributed by atoms with E-state index < -0.39 is 0 Å². The lowest BCUT2D eigenvalue weighted by molar-refractivity contribution is -0.114. The van der Waals surface area contributed by atoms with Crippen molar-refractivity contribution in [3.8, 4) is 11.5 Å². The molecule has 3 aromatic carbocycles. The summed E-state index contributed by atoms with van der Waals surface area (Å²) in [6.07, 6.45) is 1.86. The predicted octanol–water partition coefficient (Wildman–Crippen LogP) is 5.88. The van der Waals surface area contributed by atoms with Crippen LogP contribution in [0.3, 0.4) is 0 Å². The lowest BCUT2D eigenvalue weighted by Gasteiger charge is -2.13. The summed E-state index contributed by atoms with van der Waals surface area (Å²) in [6, 6.07) is 21.4. The molecule has 0 spiro atoms. The molecule has 1 heterocycles. The third-order valence-corrected chi connectivity index (χ3v) is 5.62. The molecule has 0 aromatic heterocycles. The molecule has 0 radical (unpaired) electrons. The second-order valence-corrected chi connectivity index (χ2v) is 8.18. The Morgan fingerprint density at radius 3 is 2.36 bits per heavy atom. The van der Waals surface area contributed by atoms with Gasteiger partial charge in [0, 0.05) is 5.56 Å². The van der Waals surface area contributed by atoms with Crippen molar-refractivity contribution < 1.29 is 14.3 Å². The number of aryl methyl sites for hydroxylation is 3. The Balaban J connectivity index is 1.48. The number of carbonyl (C=O) groups excluding carboxylic acids is 1. The van der Waals surface area contributed by atoms with E-state index in [-0.39, 0.29) is 5.91 Å². The van der Waals surface area contributed by atoms with Crippen molar-refractivity contribution in [1.29, 1.82) is 0 Å². The minimum Gasteiger partial charge on any atom is -0.490 e. The van der Waals surface area contributed by atoms with E-state index in [1.54, 1.807) is 0 Å². The summed E-state index contributed by atoms with van der Waals surface area (Å²) in [5, 5.41) is 5.90. The first kappa shape index (κ1) is 22.3. The van der Waals surface area contributed by atoms with E-state index >= 15 is 0 Å². The van der Waals surface area contributed by atoms with Crippen molar-refractivity contribution in [3.63, 3.8) is 0 Å². The summed E-state index contributed by atoms with van der Waals surface area (Å²) in [5.41, 5.74) is 6.34. The van der Waals surface area contributed by atoms with E-state index in [0.717, 1.165) is 22.6 Å². The average Bonchev–Trinajstić information content (AvgIpc) is 3.09. The van der Waals surface area contributed by atoms with Crippen LogP contribution in [0.4, 0.5) is 5.69 Å². The SMILES string of the molecule is CC1=NN(c2ccccc2)C(=O)/C1=C/c1cc(C)ccc1OCCOc1ccc(C)c(C)c1. The normalized spacial score (nSPS) is 14.5. The van der Waals surface area contributed by atoms with Crippen LogP contribution in [0, 0.1) is 20.8 Å². The van der Waals surface area contributed by atoms with Gasteiger partial charge in [0.15, 0.2) is 0 Å². The fraction of sp³-hybridized carbons (Fsp3) is 0.214. The van der Waals surface area contributed by atoms with Crippen molar-refractivity contribution in [1.82, 2.24) is 0 Å². The minimum atomic E-state index is -0.149. The van der Waals surface area contributed by atoms with Gasteiger partial charge in [-0.05, 0) is 81.3 Å². The van der Waals surface area contributed by atoms with E-state index in [9.17, 15) is 4.79 Å². The van der Waals surface area contributed by atoms with Gasteiger partial charge in [-0.1, -0.05) is 35.9 Å². The number of hydrazone groups is 1. The molecule has 0 unspecified atom stereocenters. The number of carbonyl (C=O) groups is 1. The molecule has 1 aliphatic heterocycles. The lowest BCUT2D eigenvalue weighted by Crippen LogP contribution is -2.21. The fourth-order valence-electron chi connectivity index (χ4n) is 3.61. The third-order valence-electron chi connectivity index (χ3n) is 5.62. The standard InChI is InChI=1S/C28H28N2O3/c1-19-10-13-27(33-15-14-32-25-12-11-20(2)21(3)17-25)23(16-19)18-26-22(4)29-30(28(26)31)24-8-6-5-7-9-24/h5-13,16-18H,14-15H2,1-4H3/b26-18+. The summed E-state index contributed by atoms with van der Waals surface area (Å²) in [6.45, 7) is 8.83. The van der Waals surface area contributed by atoms with Crippen molar-refractivity contribution in [2.24, 2.45) is 5.10 Å². The summed E-state index contributed by atoms with van der Waals surface area (Å²) in [5.74, 6) is 1.39. The van der Waals surface area contributed by atoms with Crippen LogP contribution >= 0.6 is 0 Å². The van der Waals surface area contributed by atoms with Crippen LogP contribution in [0.15, 0.2) is 77.4 Å². The van der Waals surface area contributed by atoms with Crippen molar-refractivity contribution >= 4 is 23.4 Å². The maximum absolute atomic E-state index is 13.1. The smallest absolute Gasteiger partial charge is 0.280 e. The topological polar surface area (TPSA) is 51.1 Å². The Bertz CT molecular complexity index is 1230. The molecule has 5 nitrogen and oxygen atoms in total. The highest BCUT2D eigenvalue weighted by atomic mass is 16.5. The van der Waals surface area contributed by atoms with Gasteiger partial charge in [-0.25, -0.2) is 0 Å². The molecule has 33 heavy (non-hydrogen) atoms. The molecule has 5 heteroatoms. The zero-order valence-electron chi connectivity index (χ0n) is 19.5. The van der Waals surface area contributed by atoms with Crippen LogP contribution in [-0.4, -0.2) is 24.8 Å². The van der Waals surface area contributed by atoms with E-state index in [0.29, 0.717) is 30.2 Å². The number of benzene rings is 3. The van der Waals surface area contributed by atoms with Gasteiger partial charge in [-0.2, -0.15) is 10.1 Å². The molecule has 1 amide bonds. The lowest BCUT2D eigenvalue weighted by atomic mass is 10.0. The highest BCUT2D eigenvalue weighted by molar-refractivity contribution is 6.32. The molecule has 0 aliphatic carbocycles. The van der Waals surface area contributed by atoms with Gasteiger partial charge in [0.05, 0.1) is 17.0 Å². The first-order valence-electron chi connectivity index (χ1n) is 11.0. The molecule has 0 N–H and O–H groups in total. The zero-order valence-corrected chi connectivity index (χ0v) is 19.5.